The van der Waals surface area contributed by atoms with Crippen LogP contribution in [0.3, 0.4) is 0 Å². The Morgan fingerprint density at radius 1 is 1.37 bits per heavy atom. The molecule has 2 N–H and O–H groups in total. The summed E-state index contributed by atoms with van der Waals surface area (Å²) < 4.78 is 6.98. The monoisotopic (exact) mass is 256 g/mol. The lowest BCUT2D eigenvalue weighted by Gasteiger charge is -2.04. The summed E-state index contributed by atoms with van der Waals surface area (Å²) in [4.78, 5) is 0. The highest BCUT2D eigenvalue weighted by Gasteiger charge is 2.19. The molecule has 0 spiro atoms. The summed E-state index contributed by atoms with van der Waals surface area (Å²) in [6, 6.07) is 5.92. The molecule has 5 nitrogen and oxygen atoms in total. The van der Waals surface area contributed by atoms with Gasteiger partial charge in [0.15, 0.2) is 0 Å². The normalized spacial score (nSPS) is 11.5. The maximum atomic E-state index is 5.88. The van der Waals surface area contributed by atoms with E-state index in [1.54, 1.807) is 6.20 Å². The van der Waals surface area contributed by atoms with Crippen molar-refractivity contribution in [2.75, 3.05) is 5.73 Å². The molecule has 0 saturated heterocycles. The molecule has 0 aliphatic heterocycles. The number of pyridine rings is 1. The Morgan fingerprint density at radius 3 is 3.00 bits per heavy atom. The van der Waals surface area contributed by atoms with Crippen LogP contribution in [-0.2, 0) is 6.42 Å². The molecule has 0 radical (unpaired) electrons. The predicted octanol–water partition coefficient (Wildman–Crippen LogP) is 2.77. The van der Waals surface area contributed by atoms with Crippen LogP contribution < -0.4 is 5.73 Å². The molecule has 19 heavy (non-hydrogen) atoms. The molecule has 5 heteroatoms. The van der Waals surface area contributed by atoms with Crippen LogP contribution >= 0.6 is 0 Å². The van der Waals surface area contributed by atoms with E-state index >= 15 is 0 Å². The van der Waals surface area contributed by atoms with Crippen molar-refractivity contribution in [2.24, 2.45) is 5.92 Å². The van der Waals surface area contributed by atoms with Crippen LogP contribution in [0.15, 0.2) is 35.1 Å². The second-order valence-electron chi connectivity index (χ2n) is 5.06. The average Bonchev–Trinajstić information content (AvgIpc) is 2.94. The quantitative estimate of drug-likeness (QED) is 0.782. The van der Waals surface area contributed by atoms with Gasteiger partial charge < -0.3 is 10.3 Å². The predicted molar refractivity (Wildman–Crippen MR) is 73.6 cm³/mol. The SMILES string of the molecule is CC(C)Cc1c(-c2cnn3ccccc23)noc1N. The number of nitrogen functional groups attached to an aromatic ring is 1. The van der Waals surface area contributed by atoms with Gasteiger partial charge in [-0.05, 0) is 24.5 Å². The maximum Gasteiger partial charge on any atom is 0.225 e. The van der Waals surface area contributed by atoms with Gasteiger partial charge in [-0.15, -0.1) is 0 Å². The van der Waals surface area contributed by atoms with Crippen molar-refractivity contribution >= 4 is 11.4 Å². The van der Waals surface area contributed by atoms with Gasteiger partial charge >= 0.3 is 0 Å². The zero-order chi connectivity index (χ0) is 13.4. The molecule has 0 aliphatic rings. The maximum absolute atomic E-state index is 5.88. The first-order chi connectivity index (χ1) is 9.16. The van der Waals surface area contributed by atoms with E-state index in [0.29, 0.717) is 11.8 Å². The molecule has 0 saturated carbocycles. The Balaban J connectivity index is 2.16. The lowest BCUT2D eigenvalue weighted by molar-refractivity contribution is 0.438. The van der Waals surface area contributed by atoms with Crippen molar-refractivity contribution in [3.05, 3.63) is 36.2 Å². The Morgan fingerprint density at radius 2 is 2.21 bits per heavy atom. The van der Waals surface area contributed by atoms with Crippen molar-refractivity contribution < 1.29 is 4.52 Å². The van der Waals surface area contributed by atoms with Crippen LogP contribution in [0.4, 0.5) is 5.88 Å². The first kappa shape index (κ1) is 11.8. The standard InChI is InChI=1S/C14H16N4O/c1-9(2)7-10-13(17-19-14(10)15)11-8-16-18-6-4-3-5-12(11)18/h3-6,8-9H,7,15H2,1-2H3. The van der Waals surface area contributed by atoms with Crippen molar-refractivity contribution in [2.45, 2.75) is 20.3 Å². The molecule has 0 atom stereocenters. The minimum absolute atomic E-state index is 0.402. The summed E-state index contributed by atoms with van der Waals surface area (Å²) in [5.41, 5.74) is 9.60. The fraction of sp³-hybridized carbons (Fsp3) is 0.286. The number of nitrogens with two attached hydrogens (primary N) is 1. The smallest absolute Gasteiger partial charge is 0.225 e. The second-order valence-corrected chi connectivity index (χ2v) is 5.06. The van der Waals surface area contributed by atoms with Gasteiger partial charge in [-0.3, -0.25) is 0 Å². The van der Waals surface area contributed by atoms with Gasteiger partial charge in [0, 0.05) is 17.3 Å². The van der Waals surface area contributed by atoms with Crippen LogP contribution in [0.1, 0.15) is 19.4 Å². The fourth-order valence-electron chi connectivity index (χ4n) is 2.26. The Labute approximate surface area is 111 Å². The summed E-state index contributed by atoms with van der Waals surface area (Å²) in [7, 11) is 0. The Kier molecular flexibility index (Phi) is 2.74. The van der Waals surface area contributed by atoms with Gasteiger partial charge in [-0.1, -0.05) is 25.1 Å². The zero-order valence-electron chi connectivity index (χ0n) is 11.0. The first-order valence-electron chi connectivity index (χ1n) is 6.33. The largest absolute Gasteiger partial charge is 0.367 e. The molecule has 0 fully saturated rings. The van der Waals surface area contributed by atoms with Gasteiger partial charge in [0.1, 0.15) is 5.69 Å². The van der Waals surface area contributed by atoms with Gasteiger partial charge in [0.05, 0.1) is 11.7 Å². The van der Waals surface area contributed by atoms with Crippen LogP contribution in [0.2, 0.25) is 0 Å². The van der Waals surface area contributed by atoms with E-state index in [-0.39, 0.29) is 0 Å². The molecule has 98 valence electrons. The van der Waals surface area contributed by atoms with E-state index in [0.717, 1.165) is 28.8 Å². The molecule has 0 bridgehead atoms. The average molecular weight is 256 g/mol. The van der Waals surface area contributed by atoms with Crippen LogP contribution in [0.5, 0.6) is 0 Å². The number of nitrogens with zero attached hydrogens (tertiary/aromatic N) is 3. The van der Waals surface area contributed by atoms with Crippen molar-refractivity contribution in [3.63, 3.8) is 0 Å². The molecule has 0 aromatic carbocycles. The first-order valence-corrected chi connectivity index (χ1v) is 6.33. The summed E-state index contributed by atoms with van der Waals surface area (Å²) in [5.74, 6) is 0.890. The van der Waals surface area contributed by atoms with E-state index in [1.807, 2.05) is 28.9 Å². The number of rotatable bonds is 3. The van der Waals surface area contributed by atoms with E-state index in [4.69, 9.17) is 10.3 Å². The van der Waals surface area contributed by atoms with Crippen LogP contribution in [0.25, 0.3) is 16.8 Å². The van der Waals surface area contributed by atoms with Crippen LogP contribution in [-0.4, -0.2) is 14.8 Å². The van der Waals surface area contributed by atoms with E-state index < -0.39 is 0 Å². The molecule has 0 amide bonds. The lowest BCUT2D eigenvalue weighted by atomic mass is 10.00. The number of hydrogen-bond acceptors (Lipinski definition) is 4. The molecule has 3 rings (SSSR count). The fourth-order valence-corrected chi connectivity index (χ4v) is 2.26. The second kappa shape index (κ2) is 4.42. The highest BCUT2D eigenvalue weighted by atomic mass is 16.5. The van der Waals surface area contributed by atoms with Gasteiger partial charge in [-0.2, -0.15) is 5.10 Å². The lowest BCUT2D eigenvalue weighted by Crippen LogP contribution is -1.98. The molecular formula is C14H16N4O. The van der Waals surface area contributed by atoms with Crippen LogP contribution in [0, 0.1) is 5.92 Å². The zero-order valence-corrected chi connectivity index (χ0v) is 11.0. The minimum Gasteiger partial charge on any atom is -0.367 e. The van der Waals surface area contributed by atoms with Crippen molar-refractivity contribution in [1.82, 2.24) is 14.8 Å². The summed E-state index contributed by atoms with van der Waals surface area (Å²) in [6.45, 7) is 4.29. The number of anilines is 1. The van der Waals surface area contributed by atoms with E-state index in [9.17, 15) is 0 Å². The number of aromatic nitrogens is 3. The Hall–Kier alpha value is -2.30. The molecule has 3 aromatic rings. The highest BCUT2D eigenvalue weighted by Crippen LogP contribution is 2.31. The minimum atomic E-state index is 0.402. The molecule has 0 aliphatic carbocycles. The summed E-state index contributed by atoms with van der Waals surface area (Å²) in [6.07, 6.45) is 4.55. The number of fused-ring (bicyclic) bond motifs is 1. The highest BCUT2D eigenvalue weighted by molar-refractivity contribution is 5.80. The molecule has 3 heterocycles. The third-order valence-electron chi connectivity index (χ3n) is 3.11. The Bertz CT molecular complexity index is 711. The van der Waals surface area contributed by atoms with Gasteiger partial charge in [0.25, 0.3) is 0 Å². The van der Waals surface area contributed by atoms with Gasteiger partial charge in [-0.25, -0.2) is 4.52 Å². The summed E-state index contributed by atoms with van der Waals surface area (Å²) in [5, 5.41) is 8.43. The third kappa shape index (κ3) is 1.97. The van der Waals surface area contributed by atoms with E-state index in [1.165, 1.54) is 0 Å². The van der Waals surface area contributed by atoms with Crippen molar-refractivity contribution in [1.29, 1.82) is 0 Å². The molecule has 3 aromatic heterocycles. The number of hydrogen-bond donors (Lipinski definition) is 1. The molecule has 0 unspecified atom stereocenters. The molecular weight excluding hydrogens is 240 g/mol. The summed E-state index contributed by atoms with van der Waals surface area (Å²) >= 11 is 0. The third-order valence-corrected chi connectivity index (χ3v) is 3.11. The van der Waals surface area contributed by atoms with Crippen molar-refractivity contribution in [3.8, 4) is 11.3 Å². The topological polar surface area (TPSA) is 69.3 Å². The van der Waals surface area contributed by atoms with Gasteiger partial charge in [0.2, 0.25) is 5.88 Å². The van der Waals surface area contributed by atoms with E-state index in [2.05, 4.69) is 24.1 Å².